The van der Waals surface area contributed by atoms with Crippen LogP contribution in [0.2, 0.25) is 0 Å². The van der Waals surface area contributed by atoms with Gasteiger partial charge in [-0.05, 0) is 53.4 Å². The quantitative estimate of drug-likeness (QED) is 0.0964. The molecule has 0 aromatic rings. The number of carbonyl (C=O) groups excluding carboxylic acids is 4. The van der Waals surface area contributed by atoms with Gasteiger partial charge in [0.05, 0.1) is 6.54 Å². The second-order valence-electron chi connectivity index (χ2n) is 10.7. The van der Waals surface area contributed by atoms with Gasteiger partial charge in [-0.15, -0.1) is 0 Å². The summed E-state index contributed by atoms with van der Waals surface area (Å²) in [5.74, 6) is -5.47. The molecular formula is C26H45N5O11. The Morgan fingerprint density at radius 3 is 1.83 bits per heavy atom. The SMILES string of the molecule is CCCCCCC(=O)NC(CNC(=O)N[C@@H](CCCC(NC(=O)OC(C)(C)C)C(=O)O)C(=O)N[C@H](C)C(=O)O)C(=O)O. The number of ether oxygens (including phenoxy) is 1. The highest BCUT2D eigenvalue weighted by Crippen LogP contribution is 2.10. The van der Waals surface area contributed by atoms with E-state index in [1.165, 1.54) is 6.92 Å². The maximum Gasteiger partial charge on any atom is 0.408 e. The summed E-state index contributed by atoms with van der Waals surface area (Å²) in [6.07, 6.45) is 2.13. The first-order chi connectivity index (χ1) is 19.5. The molecule has 16 heteroatoms. The fraction of sp³-hybridized carbons (Fsp3) is 0.731. The molecule has 8 N–H and O–H groups in total. The third-order valence-corrected chi connectivity index (χ3v) is 5.68. The van der Waals surface area contributed by atoms with Crippen LogP contribution in [0.25, 0.3) is 0 Å². The van der Waals surface area contributed by atoms with Crippen LogP contribution in [-0.2, 0) is 28.7 Å². The van der Waals surface area contributed by atoms with Crippen LogP contribution in [0.5, 0.6) is 0 Å². The maximum atomic E-state index is 12.7. The number of nitrogens with one attached hydrogen (secondary N) is 5. The molecule has 0 heterocycles. The highest BCUT2D eigenvalue weighted by molar-refractivity contribution is 5.90. The Labute approximate surface area is 244 Å². The molecule has 0 aliphatic heterocycles. The number of carboxylic acid groups (broad SMARTS) is 3. The smallest absolute Gasteiger partial charge is 0.408 e. The standard InChI is InChI=1S/C26H45N5O11/c1-6-7-8-9-13-19(32)29-18(23(38)39)14-27-24(40)30-16(20(33)28-15(2)21(34)35)11-10-12-17(22(36)37)31-25(41)42-26(3,4)5/h15-18H,6-14H2,1-5H3,(H,28,33)(H,29,32)(H,31,41)(H,34,35)(H,36,37)(H,38,39)(H2,27,30,40)/t15-,16+,17?,18?/m1/s1. The fourth-order valence-corrected chi connectivity index (χ4v) is 3.46. The zero-order valence-electron chi connectivity index (χ0n) is 24.8. The van der Waals surface area contributed by atoms with Gasteiger partial charge in [0.2, 0.25) is 11.8 Å². The van der Waals surface area contributed by atoms with Crippen molar-refractivity contribution in [1.82, 2.24) is 26.6 Å². The Morgan fingerprint density at radius 1 is 0.714 bits per heavy atom. The molecule has 0 saturated carbocycles. The van der Waals surface area contributed by atoms with Crippen LogP contribution >= 0.6 is 0 Å². The van der Waals surface area contributed by atoms with Gasteiger partial charge in [-0.1, -0.05) is 26.2 Å². The number of hydrogen-bond acceptors (Lipinski definition) is 8. The predicted octanol–water partition coefficient (Wildman–Crippen LogP) is 0.932. The van der Waals surface area contributed by atoms with Crippen molar-refractivity contribution in [3.63, 3.8) is 0 Å². The Bertz CT molecular complexity index is 951. The number of alkyl carbamates (subject to hydrolysis) is 1. The van der Waals surface area contributed by atoms with E-state index in [0.717, 1.165) is 19.3 Å². The first-order valence-corrected chi connectivity index (χ1v) is 13.8. The molecule has 4 atom stereocenters. The van der Waals surface area contributed by atoms with E-state index in [9.17, 15) is 43.8 Å². The molecular weight excluding hydrogens is 558 g/mol. The number of amides is 5. The Hall–Kier alpha value is -4.11. The van der Waals surface area contributed by atoms with Crippen molar-refractivity contribution >= 4 is 41.8 Å². The van der Waals surface area contributed by atoms with E-state index in [0.29, 0.717) is 6.42 Å². The minimum Gasteiger partial charge on any atom is -0.480 e. The zero-order chi connectivity index (χ0) is 32.5. The summed E-state index contributed by atoms with van der Waals surface area (Å²) < 4.78 is 5.05. The normalized spacial score (nSPS) is 13.8. The lowest BCUT2D eigenvalue weighted by Gasteiger charge is -2.23. The third kappa shape index (κ3) is 17.6. The lowest BCUT2D eigenvalue weighted by Crippen LogP contribution is -2.55. The van der Waals surface area contributed by atoms with Crippen molar-refractivity contribution in [2.45, 2.75) is 116 Å². The predicted molar refractivity (Wildman–Crippen MR) is 149 cm³/mol. The average Bonchev–Trinajstić information content (AvgIpc) is 2.86. The largest absolute Gasteiger partial charge is 0.480 e. The summed E-state index contributed by atoms with van der Waals surface area (Å²) in [7, 11) is 0. The number of urea groups is 1. The molecule has 0 saturated heterocycles. The van der Waals surface area contributed by atoms with Gasteiger partial charge in [0.25, 0.3) is 0 Å². The van der Waals surface area contributed by atoms with E-state index in [4.69, 9.17) is 9.84 Å². The van der Waals surface area contributed by atoms with Gasteiger partial charge in [0.15, 0.2) is 0 Å². The lowest BCUT2D eigenvalue weighted by molar-refractivity contribution is -0.141. The van der Waals surface area contributed by atoms with Crippen molar-refractivity contribution < 1.29 is 53.6 Å². The monoisotopic (exact) mass is 603 g/mol. The van der Waals surface area contributed by atoms with E-state index in [1.54, 1.807) is 20.8 Å². The summed E-state index contributed by atoms with van der Waals surface area (Å²) in [6.45, 7) is 7.49. The van der Waals surface area contributed by atoms with Crippen LogP contribution in [0, 0.1) is 0 Å². The number of rotatable bonds is 19. The van der Waals surface area contributed by atoms with E-state index in [1.807, 2.05) is 6.92 Å². The Kier molecular flexibility index (Phi) is 17.2. The molecule has 0 radical (unpaired) electrons. The van der Waals surface area contributed by atoms with Crippen molar-refractivity contribution in [2.75, 3.05) is 6.54 Å². The Morgan fingerprint density at radius 2 is 1.31 bits per heavy atom. The minimum absolute atomic E-state index is 0.0155. The van der Waals surface area contributed by atoms with Crippen LogP contribution in [0.4, 0.5) is 9.59 Å². The molecule has 42 heavy (non-hydrogen) atoms. The molecule has 240 valence electrons. The highest BCUT2D eigenvalue weighted by atomic mass is 16.6. The topological polar surface area (TPSA) is 250 Å². The van der Waals surface area contributed by atoms with Crippen molar-refractivity contribution in [3.8, 4) is 0 Å². The van der Waals surface area contributed by atoms with Gasteiger partial charge in [-0.25, -0.2) is 19.2 Å². The molecule has 0 aromatic carbocycles. The molecule has 0 aliphatic carbocycles. The van der Waals surface area contributed by atoms with E-state index >= 15 is 0 Å². The molecule has 0 spiro atoms. The number of unbranched alkanes of at least 4 members (excludes halogenated alkanes) is 3. The second-order valence-corrected chi connectivity index (χ2v) is 10.7. The summed E-state index contributed by atoms with van der Waals surface area (Å²) in [4.78, 5) is 83.6. The van der Waals surface area contributed by atoms with Crippen molar-refractivity contribution in [2.24, 2.45) is 0 Å². The van der Waals surface area contributed by atoms with Crippen molar-refractivity contribution in [1.29, 1.82) is 0 Å². The third-order valence-electron chi connectivity index (χ3n) is 5.68. The molecule has 0 fully saturated rings. The summed E-state index contributed by atoms with van der Waals surface area (Å²) in [5, 5.41) is 39.3. The van der Waals surface area contributed by atoms with Crippen LogP contribution in [-0.4, -0.2) is 93.5 Å². The first-order valence-electron chi connectivity index (χ1n) is 13.8. The van der Waals surface area contributed by atoms with E-state index in [-0.39, 0.29) is 25.7 Å². The zero-order valence-corrected chi connectivity index (χ0v) is 24.8. The van der Waals surface area contributed by atoms with Crippen LogP contribution in [0.1, 0.15) is 86.0 Å². The molecule has 0 rings (SSSR count). The maximum absolute atomic E-state index is 12.7. The second kappa shape index (κ2) is 19.1. The summed E-state index contributed by atoms with van der Waals surface area (Å²) in [6, 6.07) is -6.46. The van der Waals surface area contributed by atoms with Crippen LogP contribution in [0.3, 0.4) is 0 Å². The van der Waals surface area contributed by atoms with E-state index in [2.05, 4.69) is 26.6 Å². The van der Waals surface area contributed by atoms with Gasteiger partial charge >= 0.3 is 30.0 Å². The van der Waals surface area contributed by atoms with Gasteiger partial charge in [-0.2, -0.15) is 0 Å². The first kappa shape index (κ1) is 37.9. The number of carbonyl (C=O) groups is 7. The molecule has 0 aromatic heterocycles. The molecule has 0 bridgehead atoms. The van der Waals surface area contributed by atoms with Crippen molar-refractivity contribution in [3.05, 3.63) is 0 Å². The highest BCUT2D eigenvalue weighted by Gasteiger charge is 2.28. The average molecular weight is 604 g/mol. The van der Waals surface area contributed by atoms with Gasteiger partial charge in [0.1, 0.15) is 29.8 Å². The van der Waals surface area contributed by atoms with Crippen LogP contribution < -0.4 is 26.6 Å². The number of aliphatic carboxylic acids is 3. The van der Waals surface area contributed by atoms with Gasteiger partial charge in [-0.3, -0.25) is 14.4 Å². The minimum atomic E-state index is -1.44. The number of hydrogen-bond donors (Lipinski definition) is 8. The summed E-state index contributed by atoms with van der Waals surface area (Å²) >= 11 is 0. The van der Waals surface area contributed by atoms with E-state index < -0.39 is 78.2 Å². The molecule has 2 unspecified atom stereocenters. The lowest BCUT2D eigenvalue weighted by atomic mass is 10.0. The molecule has 0 aliphatic rings. The van der Waals surface area contributed by atoms with Gasteiger partial charge < -0.3 is 46.6 Å². The fourth-order valence-electron chi connectivity index (χ4n) is 3.46. The molecule has 16 nitrogen and oxygen atoms in total. The van der Waals surface area contributed by atoms with Gasteiger partial charge in [0, 0.05) is 6.42 Å². The Balaban J connectivity index is 5.26. The molecule has 5 amide bonds. The number of carboxylic acids is 3. The van der Waals surface area contributed by atoms with Crippen LogP contribution in [0.15, 0.2) is 0 Å². The summed E-state index contributed by atoms with van der Waals surface area (Å²) in [5.41, 5.74) is -0.870.